The maximum absolute atomic E-state index is 13.3. The largest absolute Gasteiger partial charge is 0.369 e. The van der Waals surface area contributed by atoms with Crippen LogP contribution >= 0.6 is 0 Å². The summed E-state index contributed by atoms with van der Waals surface area (Å²) in [6.45, 7) is 6.63. The van der Waals surface area contributed by atoms with Crippen molar-refractivity contribution in [3.63, 3.8) is 0 Å². The standard InChI is InChI=1S/C25H44N4O2/c1-3-5-14-25(15-6-4-2)23(31)29(24(26)27-25)17-13-21-12-16-28(19-21)22(30)18-20-10-8-7-9-11-20/h20-21H,3-19H2,1-2H3,(H2,26,27). The lowest BCUT2D eigenvalue weighted by Gasteiger charge is -2.26. The minimum Gasteiger partial charge on any atom is -0.369 e. The molecule has 2 N–H and O–H groups in total. The second kappa shape index (κ2) is 11.3. The quantitative estimate of drug-likeness (QED) is 0.523. The number of rotatable bonds is 11. The van der Waals surface area contributed by atoms with Gasteiger partial charge < -0.3 is 10.6 Å². The number of unbranched alkanes of at least 4 members (excludes halogenated alkanes) is 2. The Labute approximate surface area is 189 Å². The van der Waals surface area contributed by atoms with Gasteiger partial charge in [0.05, 0.1) is 0 Å². The second-order valence-electron chi connectivity index (χ2n) is 10.2. The van der Waals surface area contributed by atoms with Crippen molar-refractivity contribution in [2.45, 2.75) is 109 Å². The second-order valence-corrected chi connectivity index (χ2v) is 10.2. The molecule has 2 heterocycles. The molecule has 2 aliphatic heterocycles. The fourth-order valence-corrected chi connectivity index (χ4v) is 5.66. The van der Waals surface area contributed by atoms with E-state index in [0.29, 0.717) is 30.2 Å². The third kappa shape index (κ3) is 6.01. The Morgan fingerprint density at radius 3 is 2.39 bits per heavy atom. The minimum atomic E-state index is -0.631. The maximum atomic E-state index is 13.3. The molecule has 0 spiro atoms. The SMILES string of the molecule is CCCCC1(CCCC)N=C(N)N(CCC2CCN(C(=O)CC3CCCCC3)C2)C1=O. The molecule has 3 rings (SSSR count). The molecule has 6 nitrogen and oxygen atoms in total. The first-order chi connectivity index (χ1) is 15.0. The number of carbonyl (C=O) groups is 2. The molecule has 1 saturated heterocycles. The van der Waals surface area contributed by atoms with Crippen molar-refractivity contribution < 1.29 is 9.59 Å². The van der Waals surface area contributed by atoms with Crippen molar-refractivity contribution in [3.05, 3.63) is 0 Å². The third-order valence-electron chi connectivity index (χ3n) is 7.72. The van der Waals surface area contributed by atoms with Crippen LogP contribution < -0.4 is 5.73 Å². The van der Waals surface area contributed by atoms with Crippen LogP contribution in [-0.4, -0.2) is 52.7 Å². The van der Waals surface area contributed by atoms with Crippen molar-refractivity contribution in [2.75, 3.05) is 19.6 Å². The number of nitrogens with two attached hydrogens (primary N) is 1. The predicted octanol–water partition coefficient (Wildman–Crippen LogP) is 4.47. The van der Waals surface area contributed by atoms with Crippen molar-refractivity contribution in [1.29, 1.82) is 0 Å². The van der Waals surface area contributed by atoms with Gasteiger partial charge in [0.25, 0.3) is 5.91 Å². The molecule has 0 aromatic rings. The summed E-state index contributed by atoms with van der Waals surface area (Å²) in [5.41, 5.74) is 5.61. The molecule has 31 heavy (non-hydrogen) atoms. The Morgan fingerprint density at radius 1 is 1.06 bits per heavy atom. The molecule has 0 radical (unpaired) electrons. The Morgan fingerprint density at radius 2 is 1.74 bits per heavy atom. The van der Waals surface area contributed by atoms with E-state index in [0.717, 1.165) is 70.9 Å². The van der Waals surface area contributed by atoms with Crippen LogP contribution in [0.25, 0.3) is 0 Å². The van der Waals surface area contributed by atoms with Crippen LogP contribution in [0.3, 0.4) is 0 Å². The van der Waals surface area contributed by atoms with Crippen molar-refractivity contribution >= 4 is 17.8 Å². The number of carbonyl (C=O) groups excluding carboxylic acids is 2. The molecule has 0 aromatic heterocycles. The molecule has 1 saturated carbocycles. The number of guanidine groups is 1. The summed E-state index contributed by atoms with van der Waals surface area (Å²) in [7, 11) is 0. The molecular formula is C25H44N4O2. The van der Waals surface area contributed by atoms with Crippen molar-refractivity contribution in [2.24, 2.45) is 22.6 Å². The van der Waals surface area contributed by atoms with E-state index in [1.165, 1.54) is 32.1 Å². The lowest BCUT2D eigenvalue weighted by Crippen LogP contribution is -2.45. The molecule has 6 heteroatoms. The highest BCUT2D eigenvalue weighted by Crippen LogP contribution is 2.34. The van der Waals surface area contributed by atoms with Crippen LogP contribution in [0.5, 0.6) is 0 Å². The van der Waals surface area contributed by atoms with E-state index in [2.05, 4.69) is 18.7 Å². The predicted molar refractivity (Wildman–Crippen MR) is 126 cm³/mol. The normalized spacial score (nSPS) is 24.1. The zero-order valence-corrected chi connectivity index (χ0v) is 19.9. The van der Waals surface area contributed by atoms with E-state index in [-0.39, 0.29) is 5.91 Å². The molecule has 0 bridgehead atoms. The molecule has 176 valence electrons. The molecule has 1 aliphatic carbocycles. The molecule has 0 aromatic carbocycles. The zero-order chi connectivity index (χ0) is 22.3. The van der Waals surface area contributed by atoms with Gasteiger partial charge in [0.1, 0.15) is 5.54 Å². The fourth-order valence-electron chi connectivity index (χ4n) is 5.66. The maximum Gasteiger partial charge on any atom is 0.257 e. The topological polar surface area (TPSA) is 79.0 Å². The number of likely N-dealkylation sites (tertiary alicyclic amines) is 1. The first kappa shape index (κ1) is 24.1. The Hall–Kier alpha value is -1.59. The van der Waals surface area contributed by atoms with Crippen LogP contribution in [0.2, 0.25) is 0 Å². The fraction of sp³-hybridized carbons (Fsp3) is 0.880. The third-order valence-corrected chi connectivity index (χ3v) is 7.72. The van der Waals surface area contributed by atoms with Gasteiger partial charge in [0.2, 0.25) is 5.91 Å². The van der Waals surface area contributed by atoms with E-state index in [4.69, 9.17) is 10.7 Å². The Balaban J connectivity index is 1.49. The molecule has 2 fully saturated rings. The van der Waals surface area contributed by atoms with E-state index >= 15 is 0 Å². The Kier molecular flexibility index (Phi) is 8.79. The number of hydrogen-bond donors (Lipinski definition) is 1. The molecule has 1 unspecified atom stereocenters. The summed E-state index contributed by atoms with van der Waals surface area (Å²) in [5, 5.41) is 0. The highest BCUT2D eigenvalue weighted by Gasteiger charge is 2.46. The van der Waals surface area contributed by atoms with E-state index in [1.807, 2.05) is 0 Å². The summed E-state index contributed by atoms with van der Waals surface area (Å²) < 4.78 is 0. The Bertz CT molecular complexity index is 633. The van der Waals surface area contributed by atoms with Gasteiger partial charge >= 0.3 is 0 Å². The molecular weight excluding hydrogens is 388 g/mol. The van der Waals surface area contributed by atoms with Gasteiger partial charge in [0, 0.05) is 26.1 Å². The molecule has 1 atom stereocenters. The minimum absolute atomic E-state index is 0.107. The van der Waals surface area contributed by atoms with Gasteiger partial charge in [-0.25, -0.2) is 4.99 Å². The first-order valence-corrected chi connectivity index (χ1v) is 12.9. The van der Waals surface area contributed by atoms with E-state index in [9.17, 15) is 9.59 Å². The van der Waals surface area contributed by atoms with E-state index < -0.39 is 5.54 Å². The van der Waals surface area contributed by atoms with Gasteiger partial charge in [0.15, 0.2) is 5.96 Å². The number of aliphatic imine (C=N–C) groups is 1. The lowest BCUT2D eigenvalue weighted by molar-refractivity contribution is -0.133. The highest BCUT2D eigenvalue weighted by molar-refractivity contribution is 6.06. The summed E-state index contributed by atoms with van der Waals surface area (Å²) >= 11 is 0. The summed E-state index contributed by atoms with van der Waals surface area (Å²) in [6, 6.07) is 0. The number of hydrogen-bond acceptors (Lipinski definition) is 4. The van der Waals surface area contributed by atoms with Crippen LogP contribution in [0.15, 0.2) is 4.99 Å². The van der Waals surface area contributed by atoms with Gasteiger partial charge in [-0.1, -0.05) is 58.8 Å². The van der Waals surface area contributed by atoms with Crippen molar-refractivity contribution in [3.8, 4) is 0 Å². The van der Waals surface area contributed by atoms with Crippen LogP contribution in [0.1, 0.15) is 104 Å². The average Bonchev–Trinajstić information content (AvgIpc) is 3.33. The van der Waals surface area contributed by atoms with Gasteiger partial charge in [-0.05, 0) is 50.4 Å². The highest BCUT2D eigenvalue weighted by atomic mass is 16.2. The average molecular weight is 433 g/mol. The summed E-state index contributed by atoms with van der Waals surface area (Å²) in [5.74, 6) is 1.90. The smallest absolute Gasteiger partial charge is 0.257 e. The van der Waals surface area contributed by atoms with Gasteiger partial charge in [-0.3, -0.25) is 14.5 Å². The summed E-state index contributed by atoms with van der Waals surface area (Å²) in [4.78, 5) is 34.6. The van der Waals surface area contributed by atoms with Gasteiger partial charge in [-0.2, -0.15) is 0 Å². The lowest BCUT2D eigenvalue weighted by atomic mass is 9.86. The van der Waals surface area contributed by atoms with Crippen LogP contribution in [-0.2, 0) is 9.59 Å². The van der Waals surface area contributed by atoms with Gasteiger partial charge in [-0.15, -0.1) is 0 Å². The monoisotopic (exact) mass is 432 g/mol. The van der Waals surface area contributed by atoms with Crippen molar-refractivity contribution in [1.82, 2.24) is 9.80 Å². The van der Waals surface area contributed by atoms with Crippen LogP contribution in [0, 0.1) is 11.8 Å². The van der Waals surface area contributed by atoms with E-state index in [1.54, 1.807) is 4.90 Å². The first-order valence-electron chi connectivity index (χ1n) is 12.9. The summed E-state index contributed by atoms with van der Waals surface area (Å²) in [6.07, 6.45) is 14.7. The molecule has 3 aliphatic rings. The van der Waals surface area contributed by atoms with Crippen LogP contribution in [0.4, 0.5) is 0 Å². The molecule has 2 amide bonds. The zero-order valence-electron chi connectivity index (χ0n) is 19.9. The number of amides is 2. The number of nitrogens with zero attached hydrogens (tertiary/aromatic N) is 3.